The number of pyridine rings is 1. The van der Waals surface area contributed by atoms with Crippen LogP contribution in [-0.2, 0) is 12.0 Å². The smallest absolute Gasteiger partial charge is 0.266 e. The number of aliphatic hydroxyl groups excluding tert-OH is 1. The van der Waals surface area contributed by atoms with Crippen LogP contribution in [0.3, 0.4) is 0 Å². The molecule has 2 N–H and O–H groups in total. The Labute approximate surface area is 204 Å². The summed E-state index contributed by atoms with van der Waals surface area (Å²) in [4.78, 5) is 15.4. The maximum atomic E-state index is 14.4. The molecule has 6 rings (SSSR count). The van der Waals surface area contributed by atoms with Crippen molar-refractivity contribution >= 4 is 22.7 Å². The zero-order valence-electron chi connectivity index (χ0n) is 19.7. The van der Waals surface area contributed by atoms with E-state index in [4.69, 9.17) is 4.98 Å². The number of alkyl halides is 2. The summed E-state index contributed by atoms with van der Waals surface area (Å²) in [5.41, 5.74) is 1.15. The maximum absolute atomic E-state index is 14.4. The fourth-order valence-corrected chi connectivity index (χ4v) is 4.92. The van der Waals surface area contributed by atoms with Gasteiger partial charge in [-0.15, -0.1) is 0 Å². The van der Waals surface area contributed by atoms with Crippen LogP contribution in [0, 0.1) is 5.82 Å². The Hall–Kier alpha value is -3.73. The Morgan fingerprint density at radius 1 is 1.14 bits per heavy atom. The molecule has 1 unspecified atom stereocenters. The van der Waals surface area contributed by atoms with Crippen LogP contribution in [0.4, 0.5) is 24.8 Å². The van der Waals surface area contributed by atoms with Crippen molar-refractivity contribution in [3.8, 4) is 11.5 Å². The van der Waals surface area contributed by atoms with Gasteiger partial charge in [0.2, 0.25) is 0 Å². The van der Waals surface area contributed by atoms with E-state index in [1.165, 1.54) is 6.07 Å². The third-order valence-electron chi connectivity index (χ3n) is 6.96. The number of fused-ring (bicyclic) bond motifs is 2. The molecule has 186 valence electrons. The van der Waals surface area contributed by atoms with Gasteiger partial charge in [-0.25, -0.2) is 32.8 Å². The van der Waals surface area contributed by atoms with Crippen LogP contribution in [0.1, 0.15) is 31.4 Å². The first kappa shape index (κ1) is 22.7. The predicted molar refractivity (Wildman–Crippen MR) is 128 cm³/mol. The number of rotatable bonds is 4. The van der Waals surface area contributed by atoms with Crippen LogP contribution in [0.25, 0.3) is 22.6 Å². The average Bonchev–Trinajstić information content (AvgIpc) is 3.46. The van der Waals surface area contributed by atoms with Gasteiger partial charge in [-0.05, 0) is 18.2 Å². The van der Waals surface area contributed by atoms with E-state index >= 15 is 0 Å². The van der Waals surface area contributed by atoms with E-state index in [9.17, 15) is 18.3 Å². The van der Waals surface area contributed by atoms with E-state index in [0.29, 0.717) is 39.5 Å². The number of benzene rings is 1. The quantitative estimate of drug-likeness (QED) is 0.443. The molecular formula is C25H24F3N7O. The summed E-state index contributed by atoms with van der Waals surface area (Å²) in [5, 5.41) is 19.0. The minimum Gasteiger partial charge on any atom is -0.373 e. The molecule has 36 heavy (non-hydrogen) atoms. The third-order valence-corrected chi connectivity index (χ3v) is 6.96. The molecule has 2 aliphatic heterocycles. The summed E-state index contributed by atoms with van der Waals surface area (Å²) in [6.45, 7) is 3.44. The summed E-state index contributed by atoms with van der Waals surface area (Å²) < 4.78 is 44.3. The average molecular weight is 496 g/mol. The van der Waals surface area contributed by atoms with Gasteiger partial charge >= 0.3 is 0 Å². The number of aliphatic hydroxyl groups is 1. The molecule has 11 heteroatoms. The van der Waals surface area contributed by atoms with Gasteiger partial charge in [-0.2, -0.15) is 5.10 Å². The van der Waals surface area contributed by atoms with Gasteiger partial charge in [0.15, 0.2) is 11.5 Å². The first-order valence-corrected chi connectivity index (χ1v) is 11.7. The molecule has 3 aromatic heterocycles. The Morgan fingerprint density at radius 3 is 2.69 bits per heavy atom. The van der Waals surface area contributed by atoms with Crippen molar-refractivity contribution in [3.63, 3.8) is 0 Å². The molecule has 8 nitrogen and oxygen atoms in total. The lowest BCUT2D eigenvalue weighted by molar-refractivity contribution is 0.0256. The van der Waals surface area contributed by atoms with Crippen molar-refractivity contribution in [2.75, 3.05) is 23.3 Å². The normalized spacial score (nSPS) is 20.1. The number of nitrogens with one attached hydrogen (secondary N) is 1. The molecular weight excluding hydrogens is 471 g/mol. The van der Waals surface area contributed by atoms with Gasteiger partial charge in [0.1, 0.15) is 29.4 Å². The van der Waals surface area contributed by atoms with Crippen LogP contribution in [0.2, 0.25) is 0 Å². The number of aromatic nitrogens is 5. The third kappa shape index (κ3) is 3.57. The maximum Gasteiger partial charge on any atom is 0.266 e. The van der Waals surface area contributed by atoms with Crippen LogP contribution in [0.15, 0.2) is 42.6 Å². The highest BCUT2D eigenvalue weighted by Gasteiger charge is 2.46. The fourth-order valence-electron chi connectivity index (χ4n) is 4.92. The van der Waals surface area contributed by atoms with Gasteiger partial charge in [0.05, 0.1) is 18.5 Å². The Morgan fingerprint density at radius 2 is 1.94 bits per heavy atom. The van der Waals surface area contributed by atoms with Crippen molar-refractivity contribution in [1.82, 2.24) is 24.7 Å². The molecule has 0 aliphatic carbocycles. The summed E-state index contributed by atoms with van der Waals surface area (Å²) in [7, 11) is 0. The topological polar surface area (TPSA) is 92.0 Å². The SMILES string of the molecule is CC1(C)c2c(nc(-c3nn(Cc4ccccc4F)c4ncccc34)nc2N2CCC(F)(F)C2)NC1O. The van der Waals surface area contributed by atoms with Crippen molar-refractivity contribution in [2.45, 2.75) is 44.4 Å². The van der Waals surface area contributed by atoms with E-state index in [0.717, 1.165) is 0 Å². The highest BCUT2D eigenvalue weighted by molar-refractivity contribution is 5.90. The van der Waals surface area contributed by atoms with E-state index in [1.54, 1.807) is 40.0 Å². The summed E-state index contributed by atoms with van der Waals surface area (Å²) in [6.07, 6.45) is 0.380. The lowest BCUT2D eigenvalue weighted by atomic mass is 9.86. The number of anilines is 2. The van der Waals surface area contributed by atoms with Crippen LogP contribution in [0.5, 0.6) is 0 Å². The molecule has 0 spiro atoms. The van der Waals surface area contributed by atoms with E-state index in [-0.39, 0.29) is 31.2 Å². The molecule has 2 aliphatic rings. The summed E-state index contributed by atoms with van der Waals surface area (Å²) in [6, 6.07) is 10.00. The molecule has 1 fully saturated rings. The zero-order chi connectivity index (χ0) is 25.2. The number of hydrogen-bond acceptors (Lipinski definition) is 7. The Bertz CT molecular complexity index is 1490. The van der Waals surface area contributed by atoms with Crippen molar-refractivity contribution in [3.05, 3.63) is 59.5 Å². The highest BCUT2D eigenvalue weighted by Crippen LogP contribution is 2.46. The fraction of sp³-hybridized carbons (Fsp3) is 0.360. The molecule has 1 atom stereocenters. The van der Waals surface area contributed by atoms with Crippen molar-refractivity contribution < 1.29 is 18.3 Å². The first-order valence-electron chi connectivity index (χ1n) is 11.7. The molecule has 0 radical (unpaired) electrons. The predicted octanol–water partition coefficient (Wildman–Crippen LogP) is 3.94. The van der Waals surface area contributed by atoms with Crippen LogP contribution >= 0.6 is 0 Å². The van der Waals surface area contributed by atoms with E-state index in [1.807, 2.05) is 19.9 Å². The molecule has 1 aromatic carbocycles. The van der Waals surface area contributed by atoms with Crippen LogP contribution in [-0.4, -0.2) is 55.1 Å². The lowest BCUT2D eigenvalue weighted by Crippen LogP contribution is -2.34. The second-order valence-corrected chi connectivity index (χ2v) is 9.86. The molecule has 1 saturated heterocycles. The lowest BCUT2D eigenvalue weighted by Gasteiger charge is -2.27. The monoisotopic (exact) mass is 495 g/mol. The molecule has 0 bridgehead atoms. The summed E-state index contributed by atoms with van der Waals surface area (Å²) >= 11 is 0. The molecule has 4 aromatic rings. The Kier molecular flexibility index (Phi) is 4.98. The number of hydrogen-bond donors (Lipinski definition) is 2. The number of halogens is 3. The van der Waals surface area contributed by atoms with Crippen molar-refractivity contribution in [2.24, 2.45) is 0 Å². The van der Waals surface area contributed by atoms with Gasteiger partial charge < -0.3 is 15.3 Å². The minimum absolute atomic E-state index is 0.131. The second-order valence-electron chi connectivity index (χ2n) is 9.86. The van der Waals surface area contributed by atoms with Gasteiger partial charge in [-0.1, -0.05) is 32.0 Å². The molecule has 0 amide bonds. The van der Waals surface area contributed by atoms with Gasteiger partial charge in [0.25, 0.3) is 5.92 Å². The van der Waals surface area contributed by atoms with E-state index < -0.39 is 24.1 Å². The second kappa shape index (κ2) is 7.89. The first-order chi connectivity index (χ1) is 17.1. The molecule has 5 heterocycles. The summed E-state index contributed by atoms with van der Waals surface area (Å²) in [5.74, 6) is -2.25. The minimum atomic E-state index is -2.83. The standard InChI is InChI=1S/C25H24F3N7O/c1-24(2)17-19(32-23(24)36)30-20(31-22(17)34-11-9-25(27,28)13-34)18-15-7-5-10-29-21(15)35(33-18)12-14-6-3-4-8-16(14)26/h3-8,10,23,36H,9,11-13H2,1-2H3,(H,30,31,32). The van der Waals surface area contributed by atoms with Gasteiger partial charge in [0, 0.05) is 35.7 Å². The van der Waals surface area contributed by atoms with Crippen molar-refractivity contribution in [1.29, 1.82) is 0 Å². The largest absolute Gasteiger partial charge is 0.373 e. The van der Waals surface area contributed by atoms with Gasteiger partial charge in [-0.3, -0.25) is 0 Å². The zero-order valence-corrected chi connectivity index (χ0v) is 19.7. The highest BCUT2D eigenvalue weighted by atomic mass is 19.3. The molecule has 0 saturated carbocycles. The number of nitrogens with zero attached hydrogens (tertiary/aromatic N) is 6. The van der Waals surface area contributed by atoms with Crippen LogP contribution < -0.4 is 10.2 Å². The van der Waals surface area contributed by atoms with E-state index in [2.05, 4.69) is 20.4 Å². The Balaban J connectivity index is 1.52.